The summed E-state index contributed by atoms with van der Waals surface area (Å²) in [6.07, 6.45) is 0. The molecule has 2 nitrogen and oxygen atoms in total. The summed E-state index contributed by atoms with van der Waals surface area (Å²) in [6, 6.07) is 5.54. The summed E-state index contributed by atoms with van der Waals surface area (Å²) in [5.74, 6) is 0.785. The fraction of sp³-hybridized carbons (Fsp3) is 0.333. The third-order valence-electron chi connectivity index (χ3n) is 1.58. The summed E-state index contributed by atoms with van der Waals surface area (Å²) < 4.78 is 5.34. The summed E-state index contributed by atoms with van der Waals surface area (Å²) in [5, 5.41) is 0.670. The minimum Gasteiger partial charge on any atom is -0.493 e. The van der Waals surface area contributed by atoms with Crippen molar-refractivity contribution < 1.29 is 4.74 Å². The molecule has 4 heteroatoms. The molecule has 0 fully saturated rings. The highest BCUT2D eigenvalue weighted by Crippen LogP contribution is 2.25. The van der Waals surface area contributed by atoms with Crippen molar-refractivity contribution in [3.05, 3.63) is 28.8 Å². The van der Waals surface area contributed by atoms with Gasteiger partial charge in [0.05, 0.1) is 6.61 Å². The Labute approximate surface area is 89.4 Å². The molecule has 0 unspecified atom stereocenters. The maximum absolute atomic E-state index is 5.91. The smallest absolute Gasteiger partial charge is 0.125 e. The van der Waals surface area contributed by atoms with Gasteiger partial charge in [0, 0.05) is 17.1 Å². The summed E-state index contributed by atoms with van der Waals surface area (Å²) >= 11 is 5.91. The van der Waals surface area contributed by atoms with E-state index in [2.05, 4.69) is 0 Å². The zero-order valence-corrected chi connectivity index (χ0v) is 8.99. The third kappa shape index (κ3) is 3.07. The predicted octanol–water partition coefficient (Wildman–Crippen LogP) is 2.62. The van der Waals surface area contributed by atoms with E-state index in [0.29, 0.717) is 18.2 Å². The van der Waals surface area contributed by atoms with E-state index in [0.717, 1.165) is 11.3 Å². The molecule has 0 bridgehead atoms. The van der Waals surface area contributed by atoms with Crippen LogP contribution in [-0.2, 0) is 6.54 Å². The fourth-order valence-corrected chi connectivity index (χ4v) is 1.27. The van der Waals surface area contributed by atoms with Crippen molar-refractivity contribution in [1.82, 2.24) is 0 Å². The lowest BCUT2D eigenvalue weighted by Gasteiger charge is -2.09. The molecule has 1 aromatic carbocycles. The lowest BCUT2D eigenvalue weighted by Crippen LogP contribution is -2.02. The minimum atomic E-state index is 0. The van der Waals surface area contributed by atoms with Crippen molar-refractivity contribution in [3.8, 4) is 5.75 Å². The van der Waals surface area contributed by atoms with Gasteiger partial charge in [-0.2, -0.15) is 0 Å². The number of hydrogen-bond acceptors (Lipinski definition) is 2. The molecule has 0 heterocycles. The monoisotopic (exact) mass is 221 g/mol. The maximum atomic E-state index is 5.91. The second-order valence-electron chi connectivity index (χ2n) is 2.35. The largest absolute Gasteiger partial charge is 0.493 e. The van der Waals surface area contributed by atoms with E-state index in [1.807, 2.05) is 25.1 Å². The van der Waals surface area contributed by atoms with Gasteiger partial charge in [0.15, 0.2) is 0 Å². The molecule has 0 radical (unpaired) electrons. The van der Waals surface area contributed by atoms with Crippen molar-refractivity contribution in [3.63, 3.8) is 0 Å². The van der Waals surface area contributed by atoms with Gasteiger partial charge in [-0.15, -0.1) is 12.4 Å². The Kier molecular flexibility index (Phi) is 5.88. The minimum absolute atomic E-state index is 0. The maximum Gasteiger partial charge on any atom is 0.125 e. The van der Waals surface area contributed by atoms with E-state index >= 15 is 0 Å². The Morgan fingerprint density at radius 3 is 2.69 bits per heavy atom. The van der Waals surface area contributed by atoms with Crippen molar-refractivity contribution in [2.24, 2.45) is 5.73 Å². The molecule has 1 rings (SSSR count). The van der Waals surface area contributed by atoms with Crippen LogP contribution >= 0.6 is 24.0 Å². The summed E-state index contributed by atoms with van der Waals surface area (Å²) in [6.45, 7) is 2.98. The van der Waals surface area contributed by atoms with Gasteiger partial charge in [0.25, 0.3) is 0 Å². The zero-order valence-electron chi connectivity index (χ0n) is 7.42. The van der Waals surface area contributed by atoms with Gasteiger partial charge in [0.1, 0.15) is 5.75 Å². The number of ether oxygens (including phenoxy) is 1. The van der Waals surface area contributed by atoms with E-state index in [1.165, 1.54) is 0 Å². The fourth-order valence-electron chi connectivity index (χ4n) is 1.03. The molecule has 0 amide bonds. The van der Waals surface area contributed by atoms with Crippen LogP contribution in [0, 0.1) is 0 Å². The highest BCUT2D eigenvalue weighted by atomic mass is 35.5. The Bertz CT molecular complexity index is 266. The van der Waals surface area contributed by atoms with E-state index < -0.39 is 0 Å². The second kappa shape index (κ2) is 6.08. The average Bonchev–Trinajstić information content (AvgIpc) is 2.05. The molecule has 0 atom stereocenters. The summed E-state index contributed by atoms with van der Waals surface area (Å²) in [4.78, 5) is 0. The first-order chi connectivity index (χ1) is 5.79. The number of hydrogen-bond donors (Lipinski definition) is 1. The first-order valence-corrected chi connectivity index (χ1v) is 4.27. The molecule has 0 aliphatic rings. The van der Waals surface area contributed by atoms with Crippen LogP contribution in [0.2, 0.25) is 5.02 Å². The van der Waals surface area contributed by atoms with Crippen LogP contribution in [0.4, 0.5) is 0 Å². The molecule has 13 heavy (non-hydrogen) atoms. The van der Waals surface area contributed by atoms with Crippen LogP contribution in [0.25, 0.3) is 0 Å². The lowest BCUT2D eigenvalue weighted by atomic mass is 10.2. The van der Waals surface area contributed by atoms with Crippen LogP contribution in [-0.4, -0.2) is 6.61 Å². The van der Waals surface area contributed by atoms with E-state index in [-0.39, 0.29) is 12.4 Å². The Morgan fingerprint density at radius 1 is 1.46 bits per heavy atom. The Hall–Kier alpha value is -0.440. The molecule has 2 N–H and O–H groups in total. The normalized spacial score (nSPS) is 9.15. The highest BCUT2D eigenvalue weighted by molar-refractivity contribution is 6.31. The number of nitrogens with two attached hydrogens (primary N) is 1. The first kappa shape index (κ1) is 12.6. The molecule has 0 aliphatic heterocycles. The average molecular weight is 222 g/mol. The van der Waals surface area contributed by atoms with Crippen LogP contribution in [0.5, 0.6) is 5.75 Å². The second-order valence-corrected chi connectivity index (χ2v) is 2.76. The van der Waals surface area contributed by atoms with E-state index in [1.54, 1.807) is 0 Å². The molecular weight excluding hydrogens is 209 g/mol. The van der Waals surface area contributed by atoms with Crippen molar-refractivity contribution >= 4 is 24.0 Å². The molecule has 74 valence electrons. The van der Waals surface area contributed by atoms with Crippen LogP contribution in [0.15, 0.2) is 18.2 Å². The van der Waals surface area contributed by atoms with Crippen LogP contribution < -0.4 is 10.5 Å². The van der Waals surface area contributed by atoms with Gasteiger partial charge in [-0.25, -0.2) is 0 Å². The summed E-state index contributed by atoms with van der Waals surface area (Å²) in [7, 11) is 0. The van der Waals surface area contributed by atoms with Gasteiger partial charge < -0.3 is 10.5 Å². The number of halogens is 2. The topological polar surface area (TPSA) is 35.2 Å². The van der Waals surface area contributed by atoms with Crippen molar-refractivity contribution in [2.75, 3.05) is 6.61 Å². The van der Waals surface area contributed by atoms with Crippen LogP contribution in [0.1, 0.15) is 12.5 Å². The predicted molar refractivity (Wildman–Crippen MR) is 57.8 cm³/mol. The standard InChI is InChI=1S/C9H12ClNO.ClH/c1-2-12-9-5-3-4-8(10)7(9)6-11;/h3-5H,2,6,11H2,1H3;1H. The Morgan fingerprint density at radius 2 is 2.15 bits per heavy atom. The number of benzene rings is 1. The van der Waals surface area contributed by atoms with E-state index in [4.69, 9.17) is 22.1 Å². The number of rotatable bonds is 3. The highest BCUT2D eigenvalue weighted by Gasteiger charge is 2.04. The van der Waals surface area contributed by atoms with Crippen molar-refractivity contribution in [1.29, 1.82) is 0 Å². The molecular formula is C9H13Cl2NO. The quantitative estimate of drug-likeness (QED) is 0.853. The lowest BCUT2D eigenvalue weighted by molar-refractivity contribution is 0.336. The summed E-state index contributed by atoms with van der Waals surface area (Å²) in [5.41, 5.74) is 6.39. The van der Waals surface area contributed by atoms with E-state index in [9.17, 15) is 0 Å². The van der Waals surface area contributed by atoms with Crippen LogP contribution in [0.3, 0.4) is 0 Å². The molecule has 0 aliphatic carbocycles. The van der Waals surface area contributed by atoms with Gasteiger partial charge in [-0.05, 0) is 19.1 Å². The molecule has 1 aromatic rings. The SMILES string of the molecule is CCOc1cccc(Cl)c1CN.Cl. The third-order valence-corrected chi connectivity index (χ3v) is 1.93. The molecule has 0 saturated carbocycles. The first-order valence-electron chi connectivity index (χ1n) is 3.89. The van der Waals surface area contributed by atoms with Gasteiger partial charge in [-0.1, -0.05) is 17.7 Å². The molecule has 0 spiro atoms. The van der Waals surface area contributed by atoms with Crippen molar-refractivity contribution in [2.45, 2.75) is 13.5 Å². The van der Waals surface area contributed by atoms with Gasteiger partial charge >= 0.3 is 0 Å². The van der Waals surface area contributed by atoms with Gasteiger partial charge in [-0.3, -0.25) is 0 Å². The molecule has 0 aromatic heterocycles. The molecule has 0 saturated heterocycles. The Balaban J connectivity index is 0.00000144. The zero-order chi connectivity index (χ0) is 8.97. The van der Waals surface area contributed by atoms with Gasteiger partial charge in [0.2, 0.25) is 0 Å².